The van der Waals surface area contributed by atoms with Crippen molar-refractivity contribution in [3.8, 4) is 0 Å². The molecule has 2 aromatic rings. The Bertz CT molecular complexity index is 936. The van der Waals surface area contributed by atoms with Gasteiger partial charge in [0.1, 0.15) is 6.04 Å². The molecule has 160 valence electrons. The summed E-state index contributed by atoms with van der Waals surface area (Å²) >= 11 is 12.0. The lowest BCUT2D eigenvalue weighted by atomic mass is 10.1. The topological polar surface area (TPSA) is 92.6 Å². The fourth-order valence-electron chi connectivity index (χ4n) is 2.92. The SMILES string of the molecule is CCCNC(=O)[C@H](C)N(Cc1ccc(Cl)c(Cl)c1)C(=O)Cc1ccccc1[N+](=O)[O-]. The summed E-state index contributed by atoms with van der Waals surface area (Å²) < 4.78 is 0. The molecule has 0 spiro atoms. The highest BCUT2D eigenvalue weighted by Crippen LogP contribution is 2.25. The van der Waals surface area contributed by atoms with Gasteiger partial charge in [0.05, 0.1) is 21.4 Å². The first-order valence-electron chi connectivity index (χ1n) is 9.48. The number of nitro groups is 1. The normalized spacial score (nSPS) is 11.6. The minimum atomic E-state index is -0.777. The number of carbonyl (C=O) groups is 2. The van der Waals surface area contributed by atoms with Gasteiger partial charge in [0.2, 0.25) is 11.8 Å². The van der Waals surface area contributed by atoms with Crippen molar-refractivity contribution in [3.05, 3.63) is 73.8 Å². The lowest BCUT2D eigenvalue weighted by Gasteiger charge is -2.29. The maximum absolute atomic E-state index is 13.1. The molecule has 30 heavy (non-hydrogen) atoms. The van der Waals surface area contributed by atoms with E-state index in [-0.39, 0.29) is 30.1 Å². The molecular formula is C21H23Cl2N3O4. The van der Waals surface area contributed by atoms with Crippen molar-refractivity contribution in [1.82, 2.24) is 10.2 Å². The third-order valence-corrected chi connectivity index (χ3v) is 5.32. The van der Waals surface area contributed by atoms with Crippen molar-refractivity contribution >= 4 is 40.7 Å². The van der Waals surface area contributed by atoms with Gasteiger partial charge in [-0.15, -0.1) is 0 Å². The van der Waals surface area contributed by atoms with Crippen LogP contribution < -0.4 is 5.32 Å². The summed E-state index contributed by atoms with van der Waals surface area (Å²) in [6, 6.07) is 10.3. The molecule has 0 unspecified atom stereocenters. The van der Waals surface area contributed by atoms with E-state index in [1.165, 1.54) is 17.0 Å². The van der Waals surface area contributed by atoms with E-state index in [2.05, 4.69) is 5.32 Å². The Labute approximate surface area is 185 Å². The molecule has 1 N–H and O–H groups in total. The molecular weight excluding hydrogens is 429 g/mol. The zero-order chi connectivity index (χ0) is 22.3. The summed E-state index contributed by atoms with van der Waals surface area (Å²) in [6.07, 6.45) is 0.555. The molecule has 2 rings (SSSR count). The van der Waals surface area contributed by atoms with Gasteiger partial charge in [-0.1, -0.05) is 54.4 Å². The molecule has 7 nitrogen and oxygen atoms in total. The fraction of sp³-hybridized carbons (Fsp3) is 0.333. The van der Waals surface area contributed by atoms with Crippen molar-refractivity contribution in [2.24, 2.45) is 0 Å². The van der Waals surface area contributed by atoms with Crippen LogP contribution in [0.1, 0.15) is 31.4 Å². The number of hydrogen-bond acceptors (Lipinski definition) is 4. The van der Waals surface area contributed by atoms with Crippen LogP contribution in [0.3, 0.4) is 0 Å². The highest BCUT2D eigenvalue weighted by atomic mass is 35.5. The molecule has 1 atom stereocenters. The van der Waals surface area contributed by atoms with E-state index in [9.17, 15) is 19.7 Å². The second kappa shape index (κ2) is 10.9. The summed E-state index contributed by atoms with van der Waals surface area (Å²) in [5.74, 6) is -0.706. The van der Waals surface area contributed by atoms with Gasteiger partial charge in [0.15, 0.2) is 0 Å². The van der Waals surface area contributed by atoms with Crippen LogP contribution in [0.2, 0.25) is 10.0 Å². The number of nitro benzene ring substituents is 1. The monoisotopic (exact) mass is 451 g/mol. The van der Waals surface area contributed by atoms with Gasteiger partial charge in [-0.2, -0.15) is 0 Å². The minimum absolute atomic E-state index is 0.108. The number of halogens is 2. The van der Waals surface area contributed by atoms with Crippen LogP contribution in [0.15, 0.2) is 42.5 Å². The molecule has 0 bridgehead atoms. The molecule has 0 saturated heterocycles. The van der Waals surface area contributed by atoms with E-state index in [0.29, 0.717) is 22.2 Å². The number of para-hydroxylation sites is 1. The van der Waals surface area contributed by atoms with E-state index in [1.54, 1.807) is 37.3 Å². The Kier molecular flexibility index (Phi) is 8.62. The van der Waals surface area contributed by atoms with Gasteiger partial charge in [0.25, 0.3) is 5.69 Å². The van der Waals surface area contributed by atoms with Gasteiger partial charge >= 0.3 is 0 Å². The largest absolute Gasteiger partial charge is 0.354 e. The van der Waals surface area contributed by atoms with E-state index in [1.807, 2.05) is 6.92 Å². The maximum atomic E-state index is 13.1. The average molecular weight is 452 g/mol. The third kappa shape index (κ3) is 6.18. The summed E-state index contributed by atoms with van der Waals surface area (Å²) in [6.45, 7) is 4.15. The minimum Gasteiger partial charge on any atom is -0.354 e. The smallest absolute Gasteiger partial charge is 0.273 e. The van der Waals surface area contributed by atoms with Crippen LogP contribution in [0.4, 0.5) is 5.69 Å². The molecule has 0 aliphatic carbocycles. The Morgan fingerprint density at radius 1 is 1.17 bits per heavy atom. The predicted octanol–water partition coefficient (Wildman–Crippen LogP) is 4.39. The molecule has 9 heteroatoms. The molecule has 0 fully saturated rings. The Balaban J connectivity index is 2.31. The second-order valence-electron chi connectivity index (χ2n) is 6.80. The zero-order valence-electron chi connectivity index (χ0n) is 16.7. The fourth-order valence-corrected chi connectivity index (χ4v) is 3.24. The number of carbonyl (C=O) groups excluding carboxylic acids is 2. The predicted molar refractivity (Wildman–Crippen MR) is 117 cm³/mol. The zero-order valence-corrected chi connectivity index (χ0v) is 18.2. The molecule has 2 aromatic carbocycles. The first-order valence-corrected chi connectivity index (χ1v) is 10.2. The third-order valence-electron chi connectivity index (χ3n) is 4.58. The molecule has 0 heterocycles. The number of hydrogen-bond donors (Lipinski definition) is 1. The molecule has 2 amide bonds. The highest BCUT2D eigenvalue weighted by molar-refractivity contribution is 6.42. The molecule has 0 saturated carbocycles. The van der Waals surface area contributed by atoms with E-state index in [4.69, 9.17) is 23.2 Å². The van der Waals surface area contributed by atoms with Gasteiger partial charge < -0.3 is 10.2 Å². The van der Waals surface area contributed by atoms with Crippen molar-refractivity contribution in [2.45, 2.75) is 39.3 Å². The number of benzene rings is 2. The molecule has 0 radical (unpaired) electrons. The van der Waals surface area contributed by atoms with Crippen molar-refractivity contribution in [1.29, 1.82) is 0 Å². The molecule has 0 aromatic heterocycles. The molecule has 0 aliphatic heterocycles. The van der Waals surface area contributed by atoms with Crippen LogP contribution >= 0.6 is 23.2 Å². The lowest BCUT2D eigenvalue weighted by Crippen LogP contribution is -2.48. The van der Waals surface area contributed by atoms with Crippen LogP contribution in [0, 0.1) is 10.1 Å². The van der Waals surface area contributed by atoms with Crippen LogP contribution in [0.5, 0.6) is 0 Å². The Morgan fingerprint density at radius 2 is 1.87 bits per heavy atom. The number of rotatable bonds is 9. The second-order valence-corrected chi connectivity index (χ2v) is 7.61. The summed E-state index contributed by atoms with van der Waals surface area (Å²) in [5.41, 5.74) is 0.840. The summed E-state index contributed by atoms with van der Waals surface area (Å²) in [4.78, 5) is 37.8. The van der Waals surface area contributed by atoms with E-state index in [0.717, 1.165) is 6.42 Å². The Hall–Kier alpha value is -2.64. The number of nitrogens with zero attached hydrogens (tertiary/aromatic N) is 2. The van der Waals surface area contributed by atoms with Crippen LogP contribution in [0.25, 0.3) is 0 Å². The van der Waals surface area contributed by atoms with Crippen LogP contribution in [-0.2, 0) is 22.6 Å². The summed E-state index contributed by atoms with van der Waals surface area (Å²) in [7, 11) is 0. The van der Waals surface area contributed by atoms with Gasteiger partial charge in [-0.3, -0.25) is 19.7 Å². The van der Waals surface area contributed by atoms with E-state index >= 15 is 0 Å². The number of amides is 2. The summed E-state index contributed by atoms with van der Waals surface area (Å²) in [5, 5.41) is 14.8. The van der Waals surface area contributed by atoms with Crippen molar-refractivity contribution in [3.63, 3.8) is 0 Å². The van der Waals surface area contributed by atoms with Crippen molar-refractivity contribution < 1.29 is 14.5 Å². The van der Waals surface area contributed by atoms with Crippen LogP contribution in [-0.4, -0.2) is 34.2 Å². The Morgan fingerprint density at radius 3 is 2.50 bits per heavy atom. The maximum Gasteiger partial charge on any atom is 0.273 e. The lowest BCUT2D eigenvalue weighted by molar-refractivity contribution is -0.385. The van der Waals surface area contributed by atoms with Crippen molar-refractivity contribution in [2.75, 3.05) is 6.54 Å². The van der Waals surface area contributed by atoms with Gasteiger partial charge in [-0.05, 0) is 31.0 Å². The molecule has 0 aliphatic rings. The quantitative estimate of drug-likeness (QED) is 0.451. The van der Waals surface area contributed by atoms with Gasteiger partial charge in [0, 0.05) is 24.7 Å². The van der Waals surface area contributed by atoms with E-state index < -0.39 is 16.9 Å². The first-order chi connectivity index (χ1) is 14.2. The first kappa shape index (κ1) is 23.6. The highest BCUT2D eigenvalue weighted by Gasteiger charge is 2.27. The number of nitrogens with one attached hydrogen (secondary N) is 1. The van der Waals surface area contributed by atoms with Gasteiger partial charge in [-0.25, -0.2) is 0 Å². The average Bonchev–Trinajstić information content (AvgIpc) is 2.72. The standard InChI is InChI=1S/C21H23Cl2N3O4/c1-3-10-24-21(28)14(2)25(13-15-8-9-17(22)18(23)11-15)20(27)12-16-6-4-5-7-19(16)26(29)30/h4-9,11,14H,3,10,12-13H2,1-2H3,(H,24,28)/t14-/m0/s1.